The molecule has 1 amide bonds. The molecule has 0 fully saturated rings. The number of nitrogens with one attached hydrogen (secondary N) is 2. The van der Waals surface area contributed by atoms with Crippen LogP contribution in [0.25, 0.3) is 0 Å². The lowest BCUT2D eigenvalue weighted by molar-refractivity contribution is -0.139. The number of fused-ring (bicyclic) bond motifs is 2. The number of hydrogen-bond donors (Lipinski definition) is 3. The van der Waals surface area contributed by atoms with Gasteiger partial charge in [0, 0.05) is 24.0 Å². The Morgan fingerprint density at radius 3 is 2.82 bits per heavy atom. The molecule has 3 heterocycles. The zero-order valence-electron chi connectivity index (χ0n) is 19.8. The fraction of sp³-hybridized carbons (Fsp3) is 0.481. The van der Waals surface area contributed by atoms with Crippen LogP contribution in [0.15, 0.2) is 35.3 Å². The van der Waals surface area contributed by atoms with Gasteiger partial charge in [-0.3, -0.25) is 9.79 Å². The predicted octanol–water partition coefficient (Wildman–Crippen LogP) is 4.70. The molecule has 1 unspecified atom stereocenters. The van der Waals surface area contributed by atoms with Crippen molar-refractivity contribution in [2.24, 2.45) is 4.99 Å². The number of aryl methyl sites for hydroxylation is 2. The average Bonchev–Trinajstić information content (AvgIpc) is 3.22. The largest absolute Gasteiger partial charge is 0.480 e. The smallest absolute Gasteiger partial charge is 0.326 e. The van der Waals surface area contributed by atoms with E-state index in [-0.39, 0.29) is 11.9 Å². The number of carbonyl (C=O) groups excluding carboxylic acids is 1. The fourth-order valence-corrected chi connectivity index (χ4v) is 4.67. The van der Waals surface area contributed by atoms with Gasteiger partial charge >= 0.3 is 5.97 Å². The third-order valence-electron chi connectivity index (χ3n) is 6.72. The van der Waals surface area contributed by atoms with Crippen LogP contribution >= 0.6 is 0 Å². The number of aromatic nitrogens is 1. The van der Waals surface area contributed by atoms with Gasteiger partial charge < -0.3 is 15.7 Å². The number of hydrogen-bond acceptors (Lipinski definition) is 5. The minimum absolute atomic E-state index is 0.102. The van der Waals surface area contributed by atoms with Crippen LogP contribution in [-0.4, -0.2) is 40.8 Å². The molecule has 2 aliphatic rings. The molecule has 0 bridgehead atoms. The van der Waals surface area contributed by atoms with Crippen LogP contribution in [0.2, 0.25) is 0 Å². The van der Waals surface area contributed by atoms with E-state index in [4.69, 9.17) is 4.98 Å². The second-order valence-electron chi connectivity index (χ2n) is 9.31. The molecule has 0 spiro atoms. The highest BCUT2D eigenvalue weighted by atomic mass is 16.4. The molecule has 0 aliphatic carbocycles. The van der Waals surface area contributed by atoms with Gasteiger partial charge in [0.15, 0.2) is 0 Å². The SMILES string of the molecule is CC1N=Cc2cc(C(=O)N[C@@H](CCCCCCCc3ccc4c(n3)NCCC4)C(=O)O)ccc21. The third kappa shape index (κ3) is 6.01. The van der Waals surface area contributed by atoms with Gasteiger partial charge in [0.05, 0.1) is 6.04 Å². The van der Waals surface area contributed by atoms with Crippen molar-refractivity contribution in [3.63, 3.8) is 0 Å². The maximum Gasteiger partial charge on any atom is 0.326 e. The number of carboxylic acid groups (broad SMARTS) is 1. The first-order valence-corrected chi connectivity index (χ1v) is 12.4. The summed E-state index contributed by atoms with van der Waals surface area (Å²) in [4.78, 5) is 33.4. The van der Waals surface area contributed by atoms with Crippen LogP contribution in [-0.2, 0) is 17.6 Å². The molecule has 0 radical (unpaired) electrons. The van der Waals surface area contributed by atoms with Crippen molar-refractivity contribution in [2.75, 3.05) is 11.9 Å². The van der Waals surface area contributed by atoms with Crippen molar-refractivity contribution in [1.82, 2.24) is 10.3 Å². The molecular weight excluding hydrogens is 428 g/mol. The maximum atomic E-state index is 12.6. The van der Waals surface area contributed by atoms with E-state index in [9.17, 15) is 14.7 Å². The Morgan fingerprint density at radius 1 is 1.15 bits per heavy atom. The number of amides is 1. The summed E-state index contributed by atoms with van der Waals surface area (Å²) < 4.78 is 0. The predicted molar refractivity (Wildman–Crippen MR) is 134 cm³/mol. The summed E-state index contributed by atoms with van der Waals surface area (Å²) in [6.45, 7) is 3.01. The molecule has 180 valence electrons. The topological polar surface area (TPSA) is 104 Å². The molecule has 7 nitrogen and oxygen atoms in total. The van der Waals surface area contributed by atoms with Crippen molar-refractivity contribution in [2.45, 2.75) is 76.8 Å². The number of benzene rings is 1. The van der Waals surface area contributed by atoms with Gasteiger partial charge in [0.1, 0.15) is 11.9 Å². The Labute approximate surface area is 201 Å². The lowest BCUT2D eigenvalue weighted by Crippen LogP contribution is -2.40. The summed E-state index contributed by atoms with van der Waals surface area (Å²) >= 11 is 0. The van der Waals surface area contributed by atoms with Gasteiger partial charge in [0.25, 0.3) is 5.91 Å². The molecule has 2 atom stereocenters. The second kappa shape index (κ2) is 11.3. The number of aliphatic imine (C=N–C) groups is 1. The summed E-state index contributed by atoms with van der Waals surface area (Å²) in [6, 6.07) is 8.98. The zero-order valence-corrected chi connectivity index (χ0v) is 19.8. The summed E-state index contributed by atoms with van der Waals surface area (Å²) in [5.41, 5.74) is 4.93. The summed E-state index contributed by atoms with van der Waals surface area (Å²) in [5, 5.41) is 15.6. The van der Waals surface area contributed by atoms with E-state index >= 15 is 0 Å². The van der Waals surface area contributed by atoms with E-state index in [0.29, 0.717) is 12.0 Å². The highest BCUT2D eigenvalue weighted by Crippen LogP contribution is 2.26. The molecular formula is C27H34N4O3. The first-order chi connectivity index (χ1) is 16.5. The maximum absolute atomic E-state index is 12.6. The number of aliphatic carboxylic acids is 1. The number of unbranched alkanes of at least 4 members (excludes halogenated alkanes) is 4. The van der Waals surface area contributed by atoms with Crippen LogP contribution < -0.4 is 10.6 Å². The number of pyridine rings is 1. The quantitative estimate of drug-likeness (QED) is 0.420. The lowest BCUT2D eigenvalue weighted by Gasteiger charge is -2.17. The van der Waals surface area contributed by atoms with Crippen LogP contribution in [0.4, 0.5) is 5.82 Å². The highest BCUT2D eigenvalue weighted by molar-refractivity contribution is 5.99. The monoisotopic (exact) mass is 462 g/mol. The van der Waals surface area contributed by atoms with Crippen molar-refractivity contribution >= 4 is 23.9 Å². The van der Waals surface area contributed by atoms with Crippen LogP contribution in [0.5, 0.6) is 0 Å². The van der Waals surface area contributed by atoms with Crippen molar-refractivity contribution in [1.29, 1.82) is 0 Å². The molecule has 34 heavy (non-hydrogen) atoms. The van der Waals surface area contributed by atoms with Gasteiger partial charge in [-0.1, -0.05) is 37.8 Å². The van der Waals surface area contributed by atoms with Gasteiger partial charge in [-0.15, -0.1) is 0 Å². The van der Waals surface area contributed by atoms with Crippen molar-refractivity contribution in [3.05, 3.63) is 58.3 Å². The number of nitrogens with zero attached hydrogens (tertiary/aromatic N) is 2. The Hall–Kier alpha value is -3.22. The van der Waals surface area contributed by atoms with Crippen molar-refractivity contribution in [3.8, 4) is 0 Å². The Kier molecular flexibility index (Phi) is 7.93. The van der Waals surface area contributed by atoms with Gasteiger partial charge in [-0.2, -0.15) is 0 Å². The fourth-order valence-electron chi connectivity index (χ4n) is 4.67. The molecule has 0 saturated heterocycles. The van der Waals surface area contributed by atoms with Crippen LogP contribution in [0, 0.1) is 0 Å². The molecule has 7 heteroatoms. The summed E-state index contributed by atoms with van der Waals surface area (Å²) in [6.07, 6.45) is 10.4. The zero-order chi connectivity index (χ0) is 23.9. The number of carboxylic acids is 1. The van der Waals surface area contributed by atoms with E-state index in [1.54, 1.807) is 18.3 Å². The second-order valence-corrected chi connectivity index (χ2v) is 9.31. The lowest BCUT2D eigenvalue weighted by atomic mass is 10.0. The third-order valence-corrected chi connectivity index (χ3v) is 6.72. The standard InChI is InChI=1S/C27H34N4O3/c1-18-23-14-12-20(16-21(23)17-29-18)26(32)31-24(27(33)34)10-6-4-2-3-5-9-22-13-11-19-8-7-15-28-25(19)30-22/h11-14,16-18,24H,2-10,15H2,1H3,(H,28,30)(H,31,32)(H,33,34)/t18?,24-/m0/s1. The van der Waals surface area contributed by atoms with E-state index in [2.05, 4.69) is 27.8 Å². The minimum Gasteiger partial charge on any atom is -0.480 e. The average molecular weight is 463 g/mol. The molecule has 1 aromatic heterocycles. The number of rotatable bonds is 11. The van der Waals surface area contributed by atoms with Gasteiger partial charge in [-0.05, 0) is 73.9 Å². The first kappa shape index (κ1) is 23.9. The van der Waals surface area contributed by atoms with E-state index in [1.807, 2.05) is 13.0 Å². The normalized spacial score (nSPS) is 16.9. The van der Waals surface area contributed by atoms with Gasteiger partial charge in [0.2, 0.25) is 0 Å². The van der Waals surface area contributed by atoms with Gasteiger partial charge in [-0.25, -0.2) is 9.78 Å². The summed E-state index contributed by atoms with van der Waals surface area (Å²) in [7, 11) is 0. The molecule has 4 rings (SSSR count). The Bertz CT molecular complexity index is 1070. The molecule has 0 saturated carbocycles. The molecule has 1 aromatic carbocycles. The molecule has 2 aromatic rings. The highest BCUT2D eigenvalue weighted by Gasteiger charge is 2.22. The van der Waals surface area contributed by atoms with E-state index in [0.717, 1.165) is 74.1 Å². The van der Waals surface area contributed by atoms with Crippen LogP contribution in [0.3, 0.4) is 0 Å². The number of anilines is 1. The minimum atomic E-state index is -0.989. The molecule has 3 N–H and O–H groups in total. The molecule has 2 aliphatic heterocycles. The van der Waals surface area contributed by atoms with E-state index in [1.165, 1.54) is 12.0 Å². The first-order valence-electron chi connectivity index (χ1n) is 12.4. The summed E-state index contributed by atoms with van der Waals surface area (Å²) in [5.74, 6) is -0.292. The van der Waals surface area contributed by atoms with E-state index < -0.39 is 12.0 Å². The van der Waals surface area contributed by atoms with Crippen molar-refractivity contribution < 1.29 is 14.7 Å². The Balaban J connectivity index is 1.15. The number of carbonyl (C=O) groups is 2. The Morgan fingerprint density at radius 2 is 1.97 bits per heavy atom. The van der Waals surface area contributed by atoms with Crippen LogP contribution in [0.1, 0.15) is 90.7 Å².